The first-order valence-electron chi connectivity index (χ1n) is 5.26. The van der Waals surface area contributed by atoms with Gasteiger partial charge in [0.05, 0.1) is 0 Å². The van der Waals surface area contributed by atoms with Gasteiger partial charge in [0.15, 0.2) is 0 Å². The van der Waals surface area contributed by atoms with E-state index < -0.39 is 0 Å². The zero-order valence-electron chi connectivity index (χ0n) is 8.74. The highest BCUT2D eigenvalue weighted by atomic mass is 35.5. The largest absolute Gasteiger partial charge is 0.310 e. The van der Waals surface area contributed by atoms with Gasteiger partial charge in [0.2, 0.25) is 5.91 Å². The molecule has 1 heterocycles. The van der Waals surface area contributed by atoms with Gasteiger partial charge in [-0.3, -0.25) is 4.79 Å². The van der Waals surface area contributed by atoms with Crippen LogP contribution in [-0.2, 0) is 4.79 Å². The van der Waals surface area contributed by atoms with Crippen LogP contribution in [0.25, 0.3) is 0 Å². The van der Waals surface area contributed by atoms with Crippen LogP contribution in [0.4, 0.5) is 5.69 Å². The fraction of sp³-hybridized carbons (Fsp3) is 0.417. The lowest BCUT2D eigenvalue weighted by Crippen LogP contribution is -2.41. The topological polar surface area (TPSA) is 20.3 Å². The summed E-state index contributed by atoms with van der Waals surface area (Å²) in [5.74, 6) is 0.219. The third-order valence-electron chi connectivity index (χ3n) is 2.83. The molecular weight excluding hydrogens is 210 g/mol. The molecule has 80 valence electrons. The number of carbonyl (C=O) groups is 1. The van der Waals surface area contributed by atoms with E-state index in [2.05, 4.69) is 6.92 Å². The predicted molar refractivity (Wildman–Crippen MR) is 62.3 cm³/mol. The van der Waals surface area contributed by atoms with Gasteiger partial charge in [0.1, 0.15) is 0 Å². The second kappa shape index (κ2) is 4.23. The minimum absolute atomic E-state index is 0.219. The van der Waals surface area contributed by atoms with Crippen molar-refractivity contribution in [3.05, 3.63) is 29.3 Å². The number of piperidine rings is 1. The Labute approximate surface area is 94.8 Å². The molecule has 1 aliphatic heterocycles. The van der Waals surface area contributed by atoms with Gasteiger partial charge in [0, 0.05) is 23.2 Å². The summed E-state index contributed by atoms with van der Waals surface area (Å²) in [5, 5.41) is 0.705. The number of carbonyl (C=O) groups excluding carboxylic acids is 1. The van der Waals surface area contributed by atoms with Gasteiger partial charge in [-0.25, -0.2) is 0 Å². The quantitative estimate of drug-likeness (QED) is 0.716. The standard InChI is InChI=1S/C12H14ClNO/c1-9-3-2-4-12(15)14(9)11-7-5-10(13)6-8-11/h5-9H,2-4H2,1H3/t9-/m0/s1. The predicted octanol–water partition coefficient (Wildman–Crippen LogP) is 3.25. The maximum Gasteiger partial charge on any atom is 0.227 e. The van der Waals surface area contributed by atoms with Crippen molar-refractivity contribution in [2.75, 3.05) is 4.90 Å². The Kier molecular flexibility index (Phi) is 2.96. The average Bonchev–Trinajstić information content (AvgIpc) is 2.20. The molecule has 1 aromatic rings. The van der Waals surface area contributed by atoms with E-state index in [0.29, 0.717) is 17.5 Å². The second-order valence-corrected chi connectivity index (χ2v) is 4.42. The van der Waals surface area contributed by atoms with Gasteiger partial charge < -0.3 is 4.90 Å². The zero-order valence-corrected chi connectivity index (χ0v) is 9.50. The molecule has 15 heavy (non-hydrogen) atoms. The summed E-state index contributed by atoms with van der Waals surface area (Å²) in [6.45, 7) is 2.09. The Bertz CT molecular complexity index is 360. The van der Waals surface area contributed by atoms with Crippen molar-refractivity contribution in [2.45, 2.75) is 32.2 Å². The molecule has 1 amide bonds. The van der Waals surface area contributed by atoms with Crippen LogP contribution >= 0.6 is 11.6 Å². The van der Waals surface area contributed by atoms with Gasteiger partial charge in [-0.2, -0.15) is 0 Å². The van der Waals surface area contributed by atoms with E-state index in [1.54, 1.807) is 0 Å². The molecule has 0 radical (unpaired) electrons. The van der Waals surface area contributed by atoms with E-state index >= 15 is 0 Å². The van der Waals surface area contributed by atoms with E-state index in [-0.39, 0.29) is 5.91 Å². The first-order valence-corrected chi connectivity index (χ1v) is 5.64. The maximum absolute atomic E-state index is 11.8. The summed E-state index contributed by atoms with van der Waals surface area (Å²) in [7, 11) is 0. The molecule has 0 N–H and O–H groups in total. The van der Waals surface area contributed by atoms with Gasteiger partial charge >= 0.3 is 0 Å². The molecule has 2 rings (SSSR count). The molecule has 0 saturated carbocycles. The van der Waals surface area contributed by atoms with Crippen molar-refractivity contribution in [3.63, 3.8) is 0 Å². The lowest BCUT2D eigenvalue weighted by Gasteiger charge is -2.33. The molecule has 1 fully saturated rings. The molecule has 1 aromatic carbocycles. The number of hydrogen-bond donors (Lipinski definition) is 0. The number of halogens is 1. The molecule has 0 aromatic heterocycles. The number of amides is 1. The number of nitrogens with zero attached hydrogens (tertiary/aromatic N) is 1. The average molecular weight is 224 g/mol. The Morgan fingerprint density at radius 1 is 1.33 bits per heavy atom. The molecule has 2 nitrogen and oxygen atoms in total. The van der Waals surface area contributed by atoms with Crippen molar-refractivity contribution < 1.29 is 4.79 Å². The monoisotopic (exact) mass is 223 g/mol. The van der Waals surface area contributed by atoms with Crippen molar-refractivity contribution in [3.8, 4) is 0 Å². The van der Waals surface area contributed by atoms with Crippen molar-refractivity contribution >= 4 is 23.2 Å². The van der Waals surface area contributed by atoms with E-state index in [1.807, 2.05) is 29.2 Å². The van der Waals surface area contributed by atoms with Crippen molar-refractivity contribution in [1.82, 2.24) is 0 Å². The molecule has 3 heteroatoms. The van der Waals surface area contributed by atoms with Gasteiger partial charge in [0.25, 0.3) is 0 Å². The number of benzene rings is 1. The zero-order chi connectivity index (χ0) is 10.8. The molecule has 1 saturated heterocycles. The van der Waals surface area contributed by atoms with E-state index in [1.165, 1.54) is 0 Å². The maximum atomic E-state index is 11.8. The Morgan fingerprint density at radius 3 is 2.60 bits per heavy atom. The molecule has 0 aliphatic carbocycles. The lowest BCUT2D eigenvalue weighted by molar-refractivity contribution is -0.120. The SMILES string of the molecule is C[C@H]1CCCC(=O)N1c1ccc(Cl)cc1. The minimum Gasteiger partial charge on any atom is -0.310 e. The summed E-state index contributed by atoms with van der Waals surface area (Å²) in [6.07, 6.45) is 2.74. The van der Waals surface area contributed by atoms with Gasteiger partial charge in [-0.05, 0) is 44.0 Å². The number of rotatable bonds is 1. The van der Waals surface area contributed by atoms with Crippen molar-refractivity contribution in [1.29, 1.82) is 0 Å². The summed E-state index contributed by atoms with van der Waals surface area (Å²) in [4.78, 5) is 13.7. The smallest absolute Gasteiger partial charge is 0.227 e. The van der Waals surface area contributed by atoms with Gasteiger partial charge in [-0.1, -0.05) is 11.6 Å². The summed E-state index contributed by atoms with van der Waals surface area (Å²) in [6, 6.07) is 7.76. The van der Waals surface area contributed by atoms with E-state index in [4.69, 9.17) is 11.6 Å². The first-order chi connectivity index (χ1) is 7.18. The molecule has 1 aliphatic rings. The summed E-state index contributed by atoms with van der Waals surface area (Å²) < 4.78 is 0. The molecule has 0 unspecified atom stereocenters. The number of anilines is 1. The highest BCUT2D eigenvalue weighted by Crippen LogP contribution is 2.26. The summed E-state index contributed by atoms with van der Waals surface area (Å²) >= 11 is 5.82. The highest BCUT2D eigenvalue weighted by molar-refractivity contribution is 6.30. The minimum atomic E-state index is 0.219. The van der Waals surface area contributed by atoms with Crippen LogP contribution in [0.5, 0.6) is 0 Å². The Balaban J connectivity index is 2.27. The molecule has 0 spiro atoms. The van der Waals surface area contributed by atoms with Crippen LogP contribution in [0.2, 0.25) is 5.02 Å². The summed E-state index contributed by atoms with van der Waals surface area (Å²) in [5.41, 5.74) is 0.955. The van der Waals surface area contributed by atoms with E-state index in [0.717, 1.165) is 18.5 Å². The lowest BCUT2D eigenvalue weighted by atomic mass is 10.0. The molecule has 1 atom stereocenters. The van der Waals surface area contributed by atoms with Crippen LogP contribution in [0.3, 0.4) is 0 Å². The molecule has 0 bridgehead atoms. The van der Waals surface area contributed by atoms with Crippen LogP contribution < -0.4 is 4.90 Å². The van der Waals surface area contributed by atoms with Crippen LogP contribution in [0.15, 0.2) is 24.3 Å². The highest BCUT2D eigenvalue weighted by Gasteiger charge is 2.25. The van der Waals surface area contributed by atoms with Gasteiger partial charge in [-0.15, -0.1) is 0 Å². The third kappa shape index (κ3) is 2.15. The fourth-order valence-corrected chi connectivity index (χ4v) is 2.17. The number of hydrogen-bond acceptors (Lipinski definition) is 1. The fourth-order valence-electron chi connectivity index (χ4n) is 2.04. The van der Waals surface area contributed by atoms with Crippen LogP contribution in [0.1, 0.15) is 26.2 Å². The first kappa shape index (κ1) is 10.5. The third-order valence-corrected chi connectivity index (χ3v) is 3.08. The normalized spacial score (nSPS) is 21.9. The Morgan fingerprint density at radius 2 is 2.00 bits per heavy atom. The van der Waals surface area contributed by atoms with E-state index in [9.17, 15) is 4.79 Å². The van der Waals surface area contributed by atoms with Crippen LogP contribution in [0, 0.1) is 0 Å². The van der Waals surface area contributed by atoms with Crippen LogP contribution in [-0.4, -0.2) is 11.9 Å². The molecular formula is C12H14ClNO. The Hall–Kier alpha value is -1.02. The van der Waals surface area contributed by atoms with Crippen molar-refractivity contribution in [2.24, 2.45) is 0 Å². The second-order valence-electron chi connectivity index (χ2n) is 3.98.